The zero-order valence-corrected chi connectivity index (χ0v) is 11.8. The number of hydrogen-bond donors (Lipinski definition) is 0. The van der Waals surface area contributed by atoms with E-state index in [2.05, 4.69) is 30.8 Å². The second kappa shape index (κ2) is 6.52. The molecule has 2 rings (SSSR count). The van der Waals surface area contributed by atoms with Crippen LogP contribution < -0.4 is 4.90 Å². The molecule has 0 saturated carbocycles. The van der Waals surface area contributed by atoms with Crippen molar-refractivity contribution in [3.05, 3.63) is 17.5 Å². The van der Waals surface area contributed by atoms with Gasteiger partial charge in [0.1, 0.15) is 11.3 Å². The van der Waals surface area contributed by atoms with Crippen molar-refractivity contribution >= 4 is 33.3 Å². The van der Waals surface area contributed by atoms with Gasteiger partial charge in [-0.25, -0.2) is 9.97 Å². The Kier molecular flexibility index (Phi) is 5.00. The van der Waals surface area contributed by atoms with Crippen LogP contribution in [-0.4, -0.2) is 41.1 Å². The van der Waals surface area contributed by atoms with Gasteiger partial charge in [-0.1, -0.05) is 27.5 Å². The lowest BCUT2D eigenvalue weighted by molar-refractivity contribution is 0.0480. The minimum absolute atomic E-state index is 0.365. The van der Waals surface area contributed by atoms with Crippen molar-refractivity contribution in [1.29, 1.82) is 0 Å². The summed E-state index contributed by atoms with van der Waals surface area (Å²) < 4.78 is 5.71. The first-order valence-electron chi connectivity index (χ1n) is 5.69. The number of piperidine rings is 1. The van der Waals surface area contributed by atoms with Crippen molar-refractivity contribution in [3.63, 3.8) is 0 Å². The maximum absolute atomic E-state index is 6.07. The lowest BCUT2D eigenvalue weighted by atomic mass is 10.1. The van der Waals surface area contributed by atoms with Crippen LogP contribution in [0.15, 0.2) is 12.5 Å². The van der Waals surface area contributed by atoms with E-state index in [0.29, 0.717) is 11.1 Å². The number of aromatic nitrogens is 2. The van der Waals surface area contributed by atoms with E-state index in [1.54, 1.807) is 6.20 Å². The number of nitrogens with zero attached hydrogens (tertiary/aromatic N) is 3. The van der Waals surface area contributed by atoms with Crippen LogP contribution in [0.4, 0.5) is 5.82 Å². The Bertz CT molecular complexity index is 358. The van der Waals surface area contributed by atoms with Gasteiger partial charge in [-0.2, -0.15) is 0 Å². The van der Waals surface area contributed by atoms with Crippen LogP contribution in [0.3, 0.4) is 0 Å². The van der Waals surface area contributed by atoms with Crippen LogP contribution >= 0.6 is 27.5 Å². The zero-order valence-electron chi connectivity index (χ0n) is 9.48. The molecule has 0 aliphatic carbocycles. The van der Waals surface area contributed by atoms with Crippen molar-refractivity contribution in [2.75, 3.05) is 29.9 Å². The molecule has 1 aromatic heterocycles. The maximum Gasteiger partial charge on any atom is 0.150 e. The van der Waals surface area contributed by atoms with Gasteiger partial charge in [-0.05, 0) is 12.8 Å². The molecule has 0 radical (unpaired) electrons. The molecule has 2 heterocycles. The quantitative estimate of drug-likeness (QED) is 0.799. The molecule has 0 N–H and O–H groups in total. The van der Waals surface area contributed by atoms with Crippen molar-refractivity contribution in [2.45, 2.75) is 18.9 Å². The monoisotopic (exact) mass is 319 g/mol. The molecule has 4 nitrogen and oxygen atoms in total. The zero-order chi connectivity index (χ0) is 12.1. The van der Waals surface area contributed by atoms with Gasteiger partial charge in [-0.3, -0.25) is 0 Å². The summed E-state index contributed by atoms with van der Waals surface area (Å²) in [6.07, 6.45) is 5.58. The van der Waals surface area contributed by atoms with Crippen LogP contribution in [0.1, 0.15) is 12.8 Å². The van der Waals surface area contributed by atoms with E-state index < -0.39 is 0 Å². The van der Waals surface area contributed by atoms with E-state index in [9.17, 15) is 0 Å². The normalized spacial score (nSPS) is 17.4. The first-order valence-corrected chi connectivity index (χ1v) is 7.19. The summed E-state index contributed by atoms with van der Waals surface area (Å²) in [5.41, 5.74) is 0. The summed E-state index contributed by atoms with van der Waals surface area (Å²) in [4.78, 5) is 10.3. The molecule has 1 aromatic rings. The Morgan fingerprint density at radius 2 is 2.24 bits per heavy atom. The standard InChI is InChI=1S/C11H15BrClN3O/c12-3-6-17-9-1-4-16(5-2-9)11-10(13)7-14-8-15-11/h7-9H,1-6H2. The predicted octanol–water partition coefficient (Wildman–Crippen LogP) is 2.51. The summed E-state index contributed by atoms with van der Waals surface area (Å²) >= 11 is 9.44. The molecule has 1 aliphatic heterocycles. The van der Waals surface area contributed by atoms with Crippen molar-refractivity contribution in [3.8, 4) is 0 Å². The highest BCUT2D eigenvalue weighted by atomic mass is 79.9. The minimum Gasteiger partial charge on any atom is -0.377 e. The van der Waals surface area contributed by atoms with Gasteiger partial charge in [0.25, 0.3) is 0 Å². The van der Waals surface area contributed by atoms with Gasteiger partial charge < -0.3 is 9.64 Å². The number of ether oxygens (including phenoxy) is 1. The molecule has 0 amide bonds. The van der Waals surface area contributed by atoms with E-state index in [-0.39, 0.29) is 0 Å². The Morgan fingerprint density at radius 3 is 2.88 bits per heavy atom. The van der Waals surface area contributed by atoms with Crippen LogP contribution in [0.2, 0.25) is 5.02 Å². The van der Waals surface area contributed by atoms with E-state index in [0.717, 1.165) is 43.7 Å². The van der Waals surface area contributed by atoms with Crippen LogP contribution in [0.25, 0.3) is 0 Å². The molecule has 17 heavy (non-hydrogen) atoms. The van der Waals surface area contributed by atoms with Gasteiger partial charge >= 0.3 is 0 Å². The fourth-order valence-corrected chi connectivity index (χ4v) is 2.40. The Hall–Kier alpha value is -0.390. The molecule has 6 heteroatoms. The number of anilines is 1. The minimum atomic E-state index is 0.365. The second-order valence-electron chi connectivity index (χ2n) is 3.94. The van der Waals surface area contributed by atoms with E-state index in [1.165, 1.54) is 6.33 Å². The summed E-state index contributed by atoms with van der Waals surface area (Å²) in [5, 5.41) is 1.51. The molecular weight excluding hydrogens is 305 g/mol. The van der Waals surface area contributed by atoms with Crippen molar-refractivity contribution in [2.24, 2.45) is 0 Å². The first kappa shape index (κ1) is 13.1. The number of hydrogen-bond acceptors (Lipinski definition) is 4. The summed E-state index contributed by atoms with van der Waals surface area (Å²) in [7, 11) is 0. The molecule has 0 unspecified atom stereocenters. The fraction of sp³-hybridized carbons (Fsp3) is 0.636. The van der Waals surface area contributed by atoms with Gasteiger partial charge in [0.05, 0.1) is 18.9 Å². The smallest absolute Gasteiger partial charge is 0.150 e. The summed E-state index contributed by atoms with van der Waals surface area (Å²) in [6.45, 7) is 2.65. The Balaban J connectivity index is 1.89. The highest BCUT2D eigenvalue weighted by Crippen LogP contribution is 2.25. The van der Waals surface area contributed by atoms with Crippen molar-refractivity contribution < 1.29 is 4.74 Å². The summed E-state index contributed by atoms with van der Waals surface area (Å²) in [5.74, 6) is 0.834. The fourth-order valence-electron chi connectivity index (χ4n) is 1.98. The van der Waals surface area contributed by atoms with Crippen molar-refractivity contribution in [1.82, 2.24) is 9.97 Å². The molecule has 0 aromatic carbocycles. The summed E-state index contributed by atoms with van der Waals surface area (Å²) in [6, 6.07) is 0. The molecule has 0 bridgehead atoms. The molecular formula is C11H15BrClN3O. The van der Waals surface area contributed by atoms with Crippen LogP contribution in [0.5, 0.6) is 0 Å². The molecule has 94 valence electrons. The highest BCUT2D eigenvalue weighted by Gasteiger charge is 2.21. The van der Waals surface area contributed by atoms with E-state index in [4.69, 9.17) is 16.3 Å². The maximum atomic E-state index is 6.07. The molecule has 0 spiro atoms. The van der Waals surface area contributed by atoms with Gasteiger partial charge in [0, 0.05) is 18.4 Å². The Morgan fingerprint density at radius 1 is 1.47 bits per heavy atom. The third-order valence-corrected chi connectivity index (χ3v) is 3.41. The molecule has 1 aliphatic rings. The van der Waals surface area contributed by atoms with E-state index >= 15 is 0 Å². The largest absolute Gasteiger partial charge is 0.377 e. The Labute approximate surface area is 114 Å². The molecule has 0 atom stereocenters. The average Bonchev–Trinajstić information content (AvgIpc) is 2.38. The van der Waals surface area contributed by atoms with Gasteiger partial charge in [0.15, 0.2) is 5.82 Å². The predicted molar refractivity (Wildman–Crippen MR) is 72.0 cm³/mol. The third kappa shape index (κ3) is 3.53. The topological polar surface area (TPSA) is 38.2 Å². The first-order chi connectivity index (χ1) is 8.31. The SMILES string of the molecule is Clc1cncnc1N1CCC(OCCBr)CC1. The lowest BCUT2D eigenvalue weighted by Gasteiger charge is -2.32. The third-order valence-electron chi connectivity index (χ3n) is 2.82. The number of rotatable bonds is 4. The van der Waals surface area contributed by atoms with Gasteiger partial charge in [0.2, 0.25) is 0 Å². The number of alkyl halides is 1. The van der Waals surface area contributed by atoms with Gasteiger partial charge in [-0.15, -0.1) is 0 Å². The second-order valence-corrected chi connectivity index (χ2v) is 5.14. The lowest BCUT2D eigenvalue weighted by Crippen LogP contribution is -2.37. The molecule has 1 saturated heterocycles. The van der Waals surface area contributed by atoms with E-state index in [1.807, 2.05) is 0 Å². The number of halogens is 2. The molecule has 1 fully saturated rings. The van der Waals surface area contributed by atoms with Crippen LogP contribution in [0, 0.1) is 0 Å². The highest BCUT2D eigenvalue weighted by molar-refractivity contribution is 9.09. The van der Waals surface area contributed by atoms with Crippen LogP contribution in [-0.2, 0) is 4.74 Å². The average molecular weight is 321 g/mol.